The number of amides is 1. The lowest BCUT2D eigenvalue weighted by Crippen LogP contribution is -2.32. The smallest absolute Gasteiger partial charge is 0.265 e. The zero-order valence-corrected chi connectivity index (χ0v) is 19.2. The van der Waals surface area contributed by atoms with Gasteiger partial charge in [0.2, 0.25) is 10.0 Å². The Kier molecular flexibility index (Phi) is 8.41. The fourth-order valence-corrected chi connectivity index (χ4v) is 4.33. The molecule has 0 saturated carbocycles. The minimum atomic E-state index is -3.72. The predicted octanol–water partition coefficient (Wildman–Crippen LogP) is 4.05. The lowest BCUT2D eigenvalue weighted by Gasteiger charge is -2.21. The normalized spacial score (nSPS) is 12.6. The first kappa shape index (κ1) is 24.6. The number of hydrogen-bond acceptors (Lipinski definition) is 5. The van der Waals surface area contributed by atoms with Crippen molar-refractivity contribution in [2.45, 2.75) is 51.7 Å². The summed E-state index contributed by atoms with van der Waals surface area (Å²) in [7, 11) is -3.72. The average Bonchev–Trinajstić information content (AvgIpc) is 2.71. The van der Waals surface area contributed by atoms with Crippen molar-refractivity contribution in [3.63, 3.8) is 0 Å². The molecule has 170 valence electrons. The number of nitrogens with one attached hydrogen (secondary N) is 1. The van der Waals surface area contributed by atoms with Crippen molar-refractivity contribution in [3.8, 4) is 11.5 Å². The van der Waals surface area contributed by atoms with Crippen LogP contribution in [0.2, 0.25) is 0 Å². The average molecular weight is 453 g/mol. The molecule has 0 spiro atoms. The van der Waals surface area contributed by atoms with Crippen LogP contribution in [0.1, 0.15) is 34.6 Å². The van der Waals surface area contributed by atoms with Crippen molar-refractivity contribution in [3.05, 3.63) is 48.3 Å². The Labute approximate surface area is 183 Å². The van der Waals surface area contributed by atoms with Gasteiger partial charge in [0.15, 0.2) is 6.10 Å². The highest BCUT2D eigenvalue weighted by Gasteiger charge is 2.24. The van der Waals surface area contributed by atoms with Crippen molar-refractivity contribution in [2.24, 2.45) is 0 Å². The van der Waals surface area contributed by atoms with Crippen LogP contribution in [0.15, 0.2) is 47.4 Å². The minimum absolute atomic E-state index is 0.0507. The summed E-state index contributed by atoms with van der Waals surface area (Å²) in [4.78, 5) is 12.8. The third kappa shape index (κ3) is 6.41. The van der Waals surface area contributed by atoms with E-state index in [1.54, 1.807) is 13.8 Å². The van der Waals surface area contributed by atoms with E-state index in [1.165, 1.54) is 53.7 Å². The number of rotatable bonds is 10. The molecule has 0 aliphatic carbocycles. The number of carbonyl (C=O) groups is 1. The quantitative estimate of drug-likeness (QED) is 0.588. The molecule has 0 saturated heterocycles. The maximum atomic E-state index is 13.1. The number of anilines is 1. The standard InChI is InChI=1S/C22H29FN2O5S/c1-6-25(7-2)31(27,28)19-12-13-21(29-15(3)4)20(14-19)24-22(26)16(5)30-18-10-8-17(23)9-11-18/h8-16H,6-7H2,1-5H3,(H,24,26). The largest absolute Gasteiger partial charge is 0.489 e. The number of carbonyl (C=O) groups excluding carboxylic acids is 1. The first-order valence-corrected chi connectivity index (χ1v) is 11.6. The summed E-state index contributed by atoms with van der Waals surface area (Å²) in [5.74, 6) is -0.238. The van der Waals surface area contributed by atoms with E-state index in [2.05, 4.69) is 5.32 Å². The molecule has 7 nitrogen and oxygen atoms in total. The first-order chi connectivity index (χ1) is 14.6. The highest BCUT2D eigenvalue weighted by atomic mass is 32.2. The monoisotopic (exact) mass is 452 g/mol. The van der Waals surface area contributed by atoms with Crippen LogP contribution in [0.5, 0.6) is 11.5 Å². The Morgan fingerprint density at radius 1 is 1.03 bits per heavy atom. The third-order valence-corrected chi connectivity index (χ3v) is 6.46. The minimum Gasteiger partial charge on any atom is -0.489 e. The molecule has 1 atom stereocenters. The van der Waals surface area contributed by atoms with Crippen LogP contribution >= 0.6 is 0 Å². The van der Waals surface area contributed by atoms with Gasteiger partial charge in [-0.2, -0.15) is 4.31 Å². The summed E-state index contributed by atoms with van der Waals surface area (Å²) in [5, 5.41) is 2.69. The molecule has 1 N–H and O–H groups in total. The molecule has 0 heterocycles. The molecule has 2 rings (SSSR count). The number of halogens is 1. The van der Waals surface area contributed by atoms with Gasteiger partial charge in [0.1, 0.15) is 17.3 Å². The molecule has 9 heteroatoms. The van der Waals surface area contributed by atoms with E-state index in [4.69, 9.17) is 9.47 Å². The van der Waals surface area contributed by atoms with E-state index < -0.39 is 27.9 Å². The van der Waals surface area contributed by atoms with Crippen molar-refractivity contribution >= 4 is 21.6 Å². The molecule has 0 aromatic heterocycles. The van der Waals surface area contributed by atoms with E-state index in [-0.39, 0.29) is 16.7 Å². The second kappa shape index (κ2) is 10.6. The Morgan fingerprint density at radius 2 is 1.65 bits per heavy atom. The summed E-state index contributed by atoms with van der Waals surface area (Å²) in [6.07, 6.45) is -1.10. The van der Waals surface area contributed by atoms with Crippen molar-refractivity contribution in [1.29, 1.82) is 0 Å². The number of benzene rings is 2. The molecule has 31 heavy (non-hydrogen) atoms. The number of nitrogens with zero attached hydrogens (tertiary/aromatic N) is 1. The van der Waals surface area contributed by atoms with Gasteiger partial charge in [-0.3, -0.25) is 4.79 Å². The van der Waals surface area contributed by atoms with Gasteiger partial charge in [-0.25, -0.2) is 12.8 Å². The fraction of sp³-hybridized carbons (Fsp3) is 0.409. The van der Waals surface area contributed by atoms with E-state index >= 15 is 0 Å². The predicted molar refractivity (Wildman–Crippen MR) is 117 cm³/mol. The van der Waals surface area contributed by atoms with Crippen LogP contribution in [-0.2, 0) is 14.8 Å². The second-order valence-corrected chi connectivity index (χ2v) is 9.06. The van der Waals surface area contributed by atoms with Gasteiger partial charge in [-0.1, -0.05) is 13.8 Å². The van der Waals surface area contributed by atoms with Crippen molar-refractivity contribution < 1.29 is 27.1 Å². The Bertz CT molecular complexity index is 989. The molecule has 0 aliphatic heterocycles. The third-order valence-electron chi connectivity index (χ3n) is 4.41. The fourth-order valence-electron chi connectivity index (χ4n) is 2.84. The summed E-state index contributed by atoms with van der Waals surface area (Å²) >= 11 is 0. The van der Waals surface area contributed by atoms with Gasteiger partial charge < -0.3 is 14.8 Å². The Balaban J connectivity index is 2.30. The molecule has 1 amide bonds. The van der Waals surface area contributed by atoms with Crippen LogP contribution < -0.4 is 14.8 Å². The van der Waals surface area contributed by atoms with Crippen LogP contribution in [0.4, 0.5) is 10.1 Å². The molecule has 0 bridgehead atoms. The van der Waals surface area contributed by atoms with Gasteiger partial charge in [-0.15, -0.1) is 0 Å². The van der Waals surface area contributed by atoms with Gasteiger partial charge >= 0.3 is 0 Å². The van der Waals surface area contributed by atoms with Gasteiger partial charge in [0.25, 0.3) is 5.91 Å². The summed E-state index contributed by atoms with van der Waals surface area (Å²) < 4.78 is 51.4. The van der Waals surface area contributed by atoms with Crippen molar-refractivity contribution in [1.82, 2.24) is 4.31 Å². The molecule has 2 aromatic rings. The highest BCUT2D eigenvalue weighted by Crippen LogP contribution is 2.30. The van der Waals surface area contributed by atoms with Gasteiger partial charge in [0, 0.05) is 13.1 Å². The zero-order chi connectivity index (χ0) is 23.2. The van der Waals surface area contributed by atoms with E-state index in [0.717, 1.165) is 0 Å². The Morgan fingerprint density at radius 3 is 2.19 bits per heavy atom. The number of sulfonamides is 1. The highest BCUT2D eigenvalue weighted by molar-refractivity contribution is 7.89. The zero-order valence-electron chi connectivity index (χ0n) is 18.4. The number of ether oxygens (including phenoxy) is 2. The summed E-state index contributed by atoms with van der Waals surface area (Å²) in [5.41, 5.74) is 0.224. The summed E-state index contributed by atoms with van der Waals surface area (Å²) in [6.45, 7) is 9.36. The molecule has 2 aromatic carbocycles. The maximum Gasteiger partial charge on any atom is 0.265 e. The molecular weight excluding hydrogens is 423 g/mol. The SMILES string of the molecule is CCN(CC)S(=O)(=O)c1ccc(OC(C)C)c(NC(=O)C(C)Oc2ccc(F)cc2)c1. The molecular formula is C22H29FN2O5S. The molecule has 1 unspecified atom stereocenters. The van der Waals surface area contributed by atoms with E-state index in [0.29, 0.717) is 24.6 Å². The van der Waals surface area contributed by atoms with Crippen LogP contribution in [0.25, 0.3) is 0 Å². The van der Waals surface area contributed by atoms with Crippen LogP contribution in [-0.4, -0.2) is 43.9 Å². The lowest BCUT2D eigenvalue weighted by molar-refractivity contribution is -0.122. The van der Waals surface area contributed by atoms with Crippen LogP contribution in [0.3, 0.4) is 0 Å². The molecule has 0 aliphatic rings. The second-order valence-electron chi connectivity index (χ2n) is 7.12. The van der Waals surface area contributed by atoms with Gasteiger partial charge in [-0.05, 0) is 63.2 Å². The van der Waals surface area contributed by atoms with E-state index in [9.17, 15) is 17.6 Å². The van der Waals surface area contributed by atoms with E-state index in [1.807, 2.05) is 13.8 Å². The summed E-state index contributed by atoms with van der Waals surface area (Å²) in [6, 6.07) is 9.67. The Hall–Kier alpha value is -2.65. The molecule has 0 fully saturated rings. The topological polar surface area (TPSA) is 84.9 Å². The lowest BCUT2D eigenvalue weighted by atomic mass is 10.2. The van der Waals surface area contributed by atoms with Gasteiger partial charge in [0.05, 0.1) is 16.7 Å². The molecule has 0 radical (unpaired) electrons. The number of hydrogen-bond donors (Lipinski definition) is 1. The van der Waals surface area contributed by atoms with Crippen molar-refractivity contribution in [2.75, 3.05) is 18.4 Å². The van der Waals surface area contributed by atoms with Crippen LogP contribution in [0, 0.1) is 5.82 Å². The maximum absolute atomic E-state index is 13.1. The first-order valence-electron chi connectivity index (χ1n) is 10.1.